The summed E-state index contributed by atoms with van der Waals surface area (Å²) in [4.78, 5) is 28.8. The third kappa shape index (κ3) is 4.17. The van der Waals surface area contributed by atoms with Crippen molar-refractivity contribution in [1.29, 1.82) is 0 Å². The minimum Gasteiger partial charge on any atom is -0.472 e. The summed E-state index contributed by atoms with van der Waals surface area (Å²) in [5.74, 6) is -1.62. The Labute approximate surface area is 167 Å². The predicted molar refractivity (Wildman–Crippen MR) is 98.8 cm³/mol. The van der Waals surface area contributed by atoms with Crippen LogP contribution in [0.3, 0.4) is 0 Å². The Hall–Kier alpha value is -2.74. The van der Waals surface area contributed by atoms with Crippen LogP contribution in [0, 0.1) is 11.6 Å². The average molecular weight is 404 g/mol. The number of fused-ring (bicyclic) bond motifs is 1. The van der Waals surface area contributed by atoms with E-state index in [1.807, 2.05) is 0 Å². The topological polar surface area (TPSA) is 63.0 Å². The number of furan rings is 1. The van der Waals surface area contributed by atoms with Crippen molar-refractivity contribution in [1.82, 2.24) is 9.80 Å². The van der Waals surface area contributed by atoms with E-state index in [2.05, 4.69) is 0 Å². The van der Waals surface area contributed by atoms with Crippen molar-refractivity contribution in [2.75, 3.05) is 19.7 Å². The van der Waals surface area contributed by atoms with Gasteiger partial charge < -0.3 is 19.0 Å². The van der Waals surface area contributed by atoms with E-state index in [4.69, 9.17) is 9.15 Å². The van der Waals surface area contributed by atoms with Crippen LogP contribution < -0.4 is 0 Å². The van der Waals surface area contributed by atoms with E-state index in [9.17, 15) is 18.4 Å². The Bertz CT molecular complexity index is 867. The molecule has 8 heteroatoms. The number of carbonyl (C=O) groups excluding carboxylic acids is 2. The summed E-state index contributed by atoms with van der Waals surface area (Å²) in [6.45, 7) is 1.07. The molecule has 2 aliphatic rings. The van der Waals surface area contributed by atoms with E-state index in [1.54, 1.807) is 15.9 Å². The van der Waals surface area contributed by atoms with Gasteiger partial charge in [-0.25, -0.2) is 8.78 Å². The van der Waals surface area contributed by atoms with Gasteiger partial charge in [0.2, 0.25) is 5.91 Å². The lowest BCUT2D eigenvalue weighted by molar-refractivity contribution is -0.146. The first-order valence-corrected chi connectivity index (χ1v) is 9.73. The van der Waals surface area contributed by atoms with Gasteiger partial charge in [0.05, 0.1) is 24.5 Å². The summed E-state index contributed by atoms with van der Waals surface area (Å²) in [5, 5.41) is 0. The fourth-order valence-corrected chi connectivity index (χ4v) is 4.10. The second-order valence-corrected chi connectivity index (χ2v) is 7.33. The Morgan fingerprint density at radius 3 is 2.62 bits per heavy atom. The number of nitrogens with zero attached hydrogens (tertiary/aromatic N) is 2. The molecule has 0 bridgehead atoms. The van der Waals surface area contributed by atoms with E-state index in [0.29, 0.717) is 43.5 Å². The summed E-state index contributed by atoms with van der Waals surface area (Å²) in [5.41, 5.74) is 0.903. The fourth-order valence-electron chi connectivity index (χ4n) is 4.10. The number of hydrogen-bond acceptors (Lipinski definition) is 4. The number of hydrogen-bond donors (Lipinski definition) is 0. The maximum absolute atomic E-state index is 13.7. The standard InChI is InChI=1S/C21H22F2N2O4/c22-16-10-15(11-17(23)12-16)18-3-4-20-25(18)19(26)2-1-6-24(7-9-29-20)21(27)14-5-8-28-13-14/h5,8,10-13,18,20H,1-4,6-7,9H2/t18-,20+/m0/s1. The highest BCUT2D eigenvalue weighted by Gasteiger charge is 2.39. The zero-order chi connectivity index (χ0) is 20.4. The molecule has 2 aliphatic heterocycles. The summed E-state index contributed by atoms with van der Waals surface area (Å²) in [7, 11) is 0. The molecule has 2 atom stereocenters. The van der Waals surface area contributed by atoms with Gasteiger partial charge in [-0.1, -0.05) is 0 Å². The van der Waals surface area contributed by atoms with Gasteiger partial charge in [0.25, 0.3) is 5.91 Å². The number of halogens is 2. The van der Waals surface area contributed by atoms with Crippen LogP contribution in [0.25, 0.3) is 0 Å². The van der Waals surface area contributed by atoms with E-state index >= 15 is 0 Å². The lowest BCUT2D eigenvalue weighted by atomic mass is 10.0. The van der Waals surface area contributed by atoms with Gasteiger partial charge in [0.15, 0.2) is 0 Å². The third-order valence-corrected chi connectivity index (χ3v) is 5.44. The molecule has 1 aromatic carbocycles. The minimum absolute atomic E-state index is 0.139. The summed E-state index contributed by atoms with van der Waals surface area (Å²) in [6.07, 6.45) is 4.23. The quantitative estimate of drug-likeness (QED) is 0.769. The van der Waals surface area contributed by atoms with Gasteiger partial charge in [-0.2, -0.15) is 0 Å². The van der Waals surface area contributed by atoms with E-state index < -0.39 is 23.9 Å². The van der Waals surface area contributed by atoms with Crippen LogP contribution in [0.1, 0.15) is 47.6 Å². The third-order valence-electron chi connectivity index (χ3n) is 5.44. The summed E-state index contributed by atoms with van der Waals surface area (Å²) in [6, 6.07) is 4.55. The first-order chi connectivity index (χ1) is 14.0. The van der Waals surface area contributed by atoms with Crippen LogP contribution in [0.5, 0.6) is 0 Å². The number of ether oxygens (including phenoxy) is 1. The molecule has 1 aromatic heterocycles. The molecule has 4 rings (SSSR count). The van der Waals surface area contributed by atoms with Crippen LogP contribution in [0.4, 0.5) is 8.78 Å². The van der Waals surface area contributed by atoms with E-state index in [1.165, 1.54) is 24.7 Å². The molecule has 2 saturated heterocycles. The van der Waals surface area contributed by atoms with Crippen molar-refractivity contribution >= 4 is 11.8 Å². The van der Waals surface area contributed by atoms with Crippen molar-refractivity contribution in [3.8, 4) is 0 Å². The first-order valence-electron chi connectivity index (χ1n) is 9.73. The number of amides is 2. The van der Waals surface area contributed by atoms with Crippen molar-refractivity contribution in [2.45, 2.75) is 38.0 Å². The summed E-state index contributed by atoms with van der Waals surface area (Å²) >= 11 is 0. The van der Waals surface area contributed by atoms with E-state index in [0.717, 1.165) is 6.07 Å². The number of benzene rings is 1. The Morgan fingerprint density at radius 1 is 1.10 bits per heavy atom. The van der Waals surface area contributed by atoms with Gasteiger partial charge >= 0.3 is 0 Å². The normalized spacial score (nSPS) is 23.2. The van der Waals surface area contributed by atoms with Crippen LogP contribution in [-0.4, -0.2) is 47.5 Å². The molecule has 6 nitrogen and oxygen atoms in total. The Kier molecular flexibility index (Phi) is 5.62. The molecule has 2 fully saturated rings. The molecular weight excluding hydrogens is 382 g/mol. The van der Waals surface area contributed by atoms with Gasteiger partial charge in [-0.05, 0) is 43.0 Å². The van der Waals surface area contributed by atoms with Crippen molar-refractivity contribution < 1.29 is 27.5 Å². The predicted octanol–water partition coefficient (Wildman–Crippen LogP) is 3.50. The average Bonchev–Trinajstić information content (AvgIpc) is 3.35. The molecule has 154 valence electrons. The van der Waals surface area contributed by atoms with Gasteiger partial charge in [0, 0.05) is 25.6 Å². The Morgan fingerprint density at radius 2 is 1.90 bits per heavy atom. The lowest BCUT2D eigenvalue weighted by Crippen LogP contribution is -2.43. The molecule has 0 spiro atoms. The monoisotopic (exact) mass is 404 g/mol. The second kappa shape index (κ2) is 8.32. The maximum atomic E-state index is 13.7. The van der Waals surface area contributed by atoms with Gasteiger partial charge in [-0.3, -0.25) is 9.59 Å². The minimum atomic E-state index is -0.661. The van der Waals surface area contributed by atoms with Gasteiger partial charge in [0.1, 0.15) is 24.1 Å². The van der Waals surface area contributed by atoms with Crippen LogP contribution >= 0.6 is 0 Å². The van der Waals surface area contributed by atoms with Crippen molar-refractivity contribution in [3.05, 3.63) is 59.6 Å². The van der Waals surface area contributed by atoms with Crippen LogP contribution in [0.15, 0.2) is 41.2 Å². The maximum Gasteiger partial charge on any atom is 0.257 e. The molecular formula is C21H22F2N2O4. The SMILES string of the molecule is O=C(c1ccoc1)N1CCCC(=O)N2[C@@H](CC[C@H]2c2cc(F)cc(F)c2)OCC1. The molecule has 2 aromatic rings. The van der Waals surface area contributed by atoms with Crippen molar-refractivity contribution in [2.24, 2.45) is 0 Å². The van der Waals surface area contributed by atoms with Crippen LogP contribution in [-0.2, 0) is 9.53 Å². The first kappa shape index (κ1) is 19.6. The summed E-state index contributed by atoms with van der Waals surface area (Å²) < 4.78 is 38.3. The van der Waals surface area contributed by atoms with Crippen molar-refractivity contribution in [3.63, 3.8) is 0 Å². The van der Waals surface area contributed by atoms with E-state index in [-0.39, 0.29) is 24.8 Å². The zero-order valence-corrected chi connectivity index (χ0v) is 15.9. The fraction of sp³-hybridized carbons (Fsp3) is 0.429. The highest BCUT2D eigenvalue weighted by Crippen LogP contribution is 2.38. The molecule has 0 radical (unpaired) electrons. The molecule has 29 heavy (non-hydrogen) atoms. The van der Waals surface area contributed by atoms with Gasteiger partial charge in [-0.15, -0.1) is 0 Å². The molecule has 0 aliphatic carbocycles. The molecule has 0 saturated carbocycles. The zero-order valence-electron chi connectivity index (χ0n) is 15.9. The lowest BCUT2D eigenvalue weighted by Gasteiger charge is -2.33. The smallest absolute Gasteiger partial charge is 0.257 e. The highest BCUT2D eigenvalue weighted by molar-refractivity contribution is 5.93. The Balaban J connectivity index is 1.49. The molecule has 0 unspecified atom stereocenters. The molecule has 3 heterocycles. The number of carbonyl (C=O) groups is 2. The highest BCUT2D eigenvalue weighted by atomic mass is 19.1. The second-order valence-electron chi connectivity index (χ2n) is 7.33. The molecule has 2 amide bonds. The largest absolute Gasteiger partial charge is 0.472 e. The molecule has 0 N–H and O–H groups in total. The van der Waals surface area contributed by atoms with Crippen LogP contribution in [0.2, 0.25) is 0 Å². The number of rotatable bonds is 2.